The summed E-state index contributed by atoms with van der Waals surface area (Å²) in [4.78, 5) is 17.1. The highest BCUT2D eigenvalue weighted by Gasteiger charge is 2.04. The van der Waals surface area contributed by atoms with Crippen LogP contribution in [0.2, 0.25) is 0 Å². The third-order valence-corrected chi connectivity index (χ3v) is 3.66. The molecule has 0 aliphatic heterocycles. The molecule has 3 aromatic rings. The van der Waals surface area contributed by atoms with Crippen LogP contribution in [0, 0.1) is 5.41 Å². The normalized spacial score (nSPS) is 10.4. The largest absolute Gasteiger partial charge is 0.384 e. The van der Waals surface area contributed by atoms with Gasteiger partial charge >= 0.3 is 6.03 Å². The number of benzene rings is 3. The van der Waals surface area contributed by atoms with Crippen LogP contribution in [-0.2, 0) is 11.4 Å². The second-order valence-corrected chi connectivity index (χ2v) is 5.52. The average molecular weight is 334 g/mol. The number of hydroxylamine groups is 1. The van der Waals surface area contributed by atoms with Gasteiger partial charge in [-0.25, -0.2) is 10.3 Å². The Hall–Kier alpha value is -3.38. The number of carbonyl (C=O) groups is 1. The molecule has 0 saturated carbocycles. The topological polar surface area (TPSA) is 100 Å². The molecule has 0 fully saturated rings. The average Bonchev–Trinajstić information content (AvgIpc) is 2.62. The number of carbonyl (C=O) groups excluding carboxylic acids is 1. The zero-order valence-corrected chi connectivity index (χ0v) is 13.5. The molecule has 0 aromatic heterocycles. The van der Waals surface area contributed by atoms with Gasteiger partial charge in [-0.2, -0.15) is 0 Å². The third-order valence-electron chi connectivity index (χ3n) is 3.66. The van der Waals surface area contributed by atoms with Gasteiger partial charge in [0.15, 0.2) is 0 Å². The Bertz CT molecular complexity index is 910. The molecule has 0 spiro atoms. The van der Waals surface area contributed by atoms with Crippen molar-refractivity contribution >= 4 is 28.3 Å². The van der Waals surface area contributed by atoms with Crippen molar-refractivity contribution < 1.29 is 9.63 Å². The first-order chi connectivity index (χ1) is 12.1. The fourth-order valence-corrected chi connectivity index (χ4v) is 2.41. The van der Waals surface area contributed by atoms with E-state index >= 15 is 0 Å². The Labute approximate surface area is 145 Å². The molecule has 0 heterocycles. The minimum atomic E-state index is -0.448. The molecule has 6 heteroatoms. The van der Waals surface area contributed by atoms with Crippen molar-refractivity contribution in [2.24, 2.45) is 5.73 Å². The third kappa shape index (κ3) is 4.33. The first-order valence-electron chi connectivity index (χ1n) is 7.73. The number of urea groups is 1. The van der Waals surface area contributed by atoms with Crippen LogP contribution in [0.1, 0.15) is 11.1 Å². The number of nitrogens with one attached hydrogen (secondary N) is 3. The van der Waals surface area contributed by atoms with E-state index in [-0.39, 0.29) is 5.84 Å². The molecule has 3 aromatic carbocycles. The summed E-state index contributed by atoms with van der Waals surface area (Å²) in [7, 11) is 0. The van der Waals surface area contributed by atoms with Crippen LogP contribution >= 0.6 is 0 Å². The lowest BCUT2D eigenvalue weighted by molar-refractivity contribution is 0.0536. The summed E-state index contributed by atoms with van der Waals surface area (Å²) in [6.45, 7) is 0.291. The van der Waals surface area contributed by atoms with E-state index in [0.717, 1.165) is 16.3 Å². The summed E-state index contributed by atoms with van der Waals surface area (Å²) in [5.74, 6) is 0.0269. The molecule has 25 heavy (non-hydrogen) atoms. The maximum Gasteiger partial charge on any atom is 0.343 e. The van der Waals surface area contributed by atoms with Crippen LogP contribution in [0.3, 0.4) is 0 Å². The number of nitrogen functional groups attached to an aromatic ring is 1. The predicted molar refractivity (Wildman–Crippen MR) is 98.3 cm³/mol. The van der Waals surface area contributed by atoms with Crippen LogP contribution < -0.4 is 16.5 Å². The van der Waals surface area contributed by atoms with Crippen molar-refractivity contribution in [2.75, 3.05) is 5.32 Å². The zero-order valence-electron chi connectivity index (χ0n) is 13.5. The number of amides is 2. The van der Waals surface area contributed by atoms with Crippen LogP contribution in [0.4, 0.5) is 10.5 Å². The monoisotopic (exact) mass is 334 g/mol. The van der Waals surface area contributed by atoms with E-state index < -0.39 is 6.03 Å². The maximum absolute atomic E-state index is 11.9. The number of amidine groups is 1. The van der Waals surface area contributed by atoms with E-state index in [1.165, 1.54) is 0 Å². The Morgan fingerprint density at radius 1 is 1.00 bits per heavy atom. The van der Waals surface area contributed by atoms with Crippen molar-refractivity contribution in [1.29, 1.82) is 5.41 Å². The molecule has 0 radical (unpaired) electrons. The molecule has 0 aliphatic carbocycles. The van der Waals surface area contributed by atoms with Crippen molar-refractivity contribution in [2.45, 2.75) is 6.61 Å². The predicted octanol–water partition coefficient (Wildman–Crippen LogP) is 3.38. The van der Waals surface area contributed by atoms with Crippen LogP contribution in [0.15, 0.2) is 66.7 Å². The maximum atomic E-state index is 11.9. The Morgan fingerprint density at radius 3 is 2.48 bits per heavy atom. The fourth-order valence-electron chi connectivity index (χ4n) is 2.41. The molecule has 5 N–H and O–H groups in total. The van der Waals surface area contributed by atoms with Gasteiger partial charge in [-0.3, -0.25) is 10.2 Å². The molecule has 0 saturated heterocycles. The van der Waals surface area contributed by atoms with Crippen LogP contribution in [0.25, 0.3) is 10.8 Å². The fraction of sp³-hybridized carbons (Fsp3) is 0.0526. The van der Waals surface area contributed by atoms with Gasteiger partial charge in [0.05, 0.1) is 6.61 Å². The van der Waals surface area contributed by atoms with Gasteiger partial charge in [-0.15, -0.1) is 0 Å². The summed E-state index contributed by atoms with van der Waals surface area (Å²) in [5.41, 5.74) is 10.1. The Morgan fingerprint density at radius 2 is 1.72 bits per heavy atom. The quantitative estimate of drug-likeness (QED) is 0.327. The lowest BCUT2D eigenvalue weighted by Crippen LogP contribution is -2.28. The van der Waals surface area contributed by atoms with Crippen LogP contribution in [-0.4, -0.2) is 11.9 Å². The van der Waals surface area contributed by atoms with E-state index in [1.54, 1.807) is 12.1 Å². The number of rotatable bonds is 5. The van der Waals surface area contributed by atoms with Gasteiger partial charge in [-0.1, -0.05) is 48.5 Å². The summed E-state index contributed by atoms with van der Waals surface area (Å²) >= 11 is 0. The molecule has 126 valence electrons. The first-order valence-corrected chi connectivity index (χ1v) is 7.73. The zero-order chi connectivity index (χ0) is 17.6. The van der Waals surface area contributed by atoms with Crippen molar-refractivity contribution in [1.82, 2.24) is 5.48 Å². The molecule has 6 nitrogen and oxygen atoms in total. The minimum Gasteiger partial charge on any atom is -0.384 e. The molecule has 2 amide bonds. The van der Waals surface area contributed by atoms with Gasteiger partial charge in [0.25, 0.3) is 0 Å². The number of nitrogens with two attached hydrogens (primary N) is 1. The first kappa shape index (κ1) is 16.5. The van der Waals surface area contributed by atoms with E-state index in [4.69, 9.17) is 16.0 Å². The number of hydrogen-bond donors (Lipinski definition) is 4. The van der Waals surface area contributed by atoms with E-state index in [0.29, 0.717) is 17.9 Å². The SMILES string of the molecule is N=C(N)c1ccc2cc(NC(=O)NOCc3ccccc3)ccc2c1. The van der Waals surface area contributed by atoms with Gasteiger partial charge in [0, 0.05) is 11.3 Å². The van der Waals surface area contributed by atoms with E-state index in [9.17, 15) is 4.79 Å². The molecule has 0 unspecified atom stereocenters. The standard InChI is InChI=1S/C19H18N4O2/c20-18(21)16-7-6-15-11-17(9-8-14(15)10-16)22-19(24)23-25-12-13-4-2-1-3-5-13/h1-11H,12H2,(H3,20,21)(H2,22,23,24). The highest BCUT2D eigenvalue weighted by atomic mass is 16.7. The molecule has 0 atom stereocenters. The summed E-state index contributed by atoms with van der Waals surface area (Å²) in [5, 5.41) is 12.1. The van der Waals surface area contributed by atoms with E-state index in [1.807, 2.05) is 54.6 Å². The number of anilines is 1. The van der Waals surface area contributed by atoms with E-state index in [2.05, 4.69) is 10.8 Å². The highest BCUT2D eigenvalue weighted by molar-refractivity contribution is 6.00. The smallest absolute Gasteiger partial charge is 0.343 e. The molecule has 0 aliphatic rings. The summed E-state index contributed by atoms with van der Waals surface area (Å²) in [6, 6.07) is 20.1. The molecular formula is C19H18N4O2. The summed E-state index contributed by atoms with van der Waals surface area (Å²) in [6.07, 6.45) is 0. The van der Waals surface area contributed by atoms with Gasteiger partial charge < -0.3 is 11.1 Å². The van der Waals surface area contributed by atoms with Crippen LogP contribution in [0.5, 0.6) is 0 Å². The lowest BCUT2D eigenvalue weighted by atomic mass is 10.1. The summed E-state index contributed by atoms with van der Waals surface area (Å²) < 4.78 is 0. The second kappa shape index (κ2) is 7.46. The van der Waals surface area contributed by atoms with Gasteiger partial charge in [0.2, 0.25) is 0 Å². The molecular weight excluding hydrogens is 316 g/mol. The second-order valence-electron chi connectivity index (χ2n) is 5.52. The van der Waals surface area contributed by atoms with Gasteiger partial charge in [0.1, 0.15) is 5.84 Å². The number of hydrogen-bond acceptors (Lipinski definition) is 3. The lowest BCUT2D eigenvalue weighted by Gasteiger charge is -2.09. The van der Waals surface area contributed by atoms with Crippen molar-refractivity contribution in [3.63, 3.8) is 0 Å². The minimum absolute atomic E-state index is 0.0269. The van der Waals surface area contributed by atoms with Crippen molar-refractivity contribution in [3.8, 4) is 0 Å². The Kier molecular flexibility index (Phi) is 4.92. The van der Waals surface area contributed by atoms with Crippen molar-refractivity contribution in [3.05, 3.63) is 77.9 Å². The van der Waals surface area contributed by atoms with Gasteiger partial charge in [-0.05, 0) is 34.5 Å². The molecule has 0 bridgehead atoms. The Balaban J connectivity index is 1.59. The number of fused-ring (bicyclic) bond motifs is 1. The molecule has 3 rings (SSSR count). The highest BCUT2D eigenvalue weighted by Crippen LogP contribution is 2.20.